The van der Waals surface area contributed by atoms with Gasteiger partial charge < -0.3 is 0 Å². The molecule has 1 heterocycles. The molecule has 14 heavy (non-hydrogen) atoms. The lowest BCUT2D eigenvalue weighted by Crippen LogP contribution is -2.35. The molecule has 1 amide bonds. The second-order valence-corrected chi connectivity index (χ2v) is 3.75. The summed E-state index contributed by atoms with van der Waals surface area (Å²) < 4.78 is 0. The molecular formula is C11H14N2O. The lowest BCUT2D eigenvalue weighted by Gasteiger charge is -2.25. The number of hydrogen-bond donors (Lipinski definition) is 0. The van der Waals surface area contributed by atoms with Crippen LogP contribution in [0, 0.1) is 5.92 Å². The van der Waals surface area contributed by atoms with Crippen molar-refractivity contribution in [2.45, 2.75) is 6.92 Å². The maximum Gasteiger partial charge on any atom is 0.228 e. The zero-order valence-corrected chi connectivity index (χ0v) is 8.26. The van der Waals surface area contributed by atoms with Gasteiger partial charge in [-0.15, -0.1) is 0 Å². The van der Waals surface area contributed by atoms with E-state index >= 15 is 0 Å². The standard InChI is InChI=1S/C11H14N2O/c1-10-7-12(9-14)13(8-10)11-5-3-2-4-6-11/h2-6,9-10H,7-8H2,1H3. The molecule has 0 bridgehead atoms. The highest BCUT2D eigenvalue weighted by Crippen LogP contribution is 2.22. The number of para-hydroxylation sites is 1. The number of carbonyl (C=O) groups is 1. The molecule has 1 atom stereocenters. The first kappa shape index (κ1) is 9.06. The Labute approximate surface area is 83.9 Å². The summed E-state index contributed by atoms with van der Waals surface area (Å²) in [4.78, 5) is 10.8. The molecule has 1 aromatic carbocycles. The summed E-state index contributed by atoms with van der Waals surface area (Å²) in [6.07, 6.45) is 0.899. The highest BCUT2D eigenvalue weighted by atomic mass is 16.1. The summed E-state index contributed by atoms with van der Waals surface area (Å²) in [5.41, 5.74) is 1.09. The molecule has 0 aromatic heterocycles. The first-order valence-corrected chi connectivity index (χ1v) is 4.85. The molecule has 1 unspecified atom stereocenters. The number of hydrazine groups is 1. The van der Waals surface area contributed by atoms with Gasteiger partial charge in [0.1, 0.15) is 0 Å². The van der Waals surface area contributed by atoms with Crippen LogP contribution in [0.2, 0.25) is 0 Å². The van der Waals surface area contributed by atoms with E-state index in [2.05, 4.69) is 6.92 Å². The number of amides is 1. The van der Waals surface area contributed by atoms with Gasteiger partial charge in [0, 0.05) is 13.1 Å². The molecule has 0 radical (unpaired) electrons. The molecule has 1 fully saturated rings. The summed E-state index contributed by atoms with van der Waals surface area (Å²) in [5.74, 6) is 0.542. The van der Waals surface area contributed by atoms with E-state index < -0.39 is 0 Å². The zero-order chi connectivity index (χ0) is 9.97. The predicted octanol–water partition coefficient (Wildman–Crippen LogP) is 1.52. The summed E-state index contributed by atoms with van der Waals surface area (Å²) >= 11 is 0. The van der Waals surface area contributed by atoms with Crippen molar-refractivity contribution in [2.24, 2.45) is 5.92 Å². The maximum atomic E-state index is 10.8. The van der Waals surface area contributed by atoms with E-state index in [1.807, 2.05) is 35.3 Å². The Hall–Kier alpha value is -1.51. The van der Waals surface area contributed by atoms with Crippen LogP contribution >= 0.6 is 0 Å². The zero-order valence-electron chi connectivity index (χ0n) is 8.26. The van der Waals surface area contributed by atoms with E-state index in [0.29, 0.717) is 5.92 Å². The second kappa shape index (κ2) is 3.70. The molecule has 1 aliphatic heterocycles. The van der Waals surface area contributed by atoms with Crippen LogP contribution in [0.5, 0.6) is 0 Å². The third kappa shape index (κ3) is 1.58. The third-order valence-corrected chi connectivity index (χ3v) is 2.47. The quantitative estimate of drug-likeness (QED) is 0.660. The fraction of sp³-hybridized carbons (Fsp3) is 0.364. The second-order valence-electron chi connectivity index (χ2n) is 3.75. The van der Waals surface area contributed by atoms with E-state index in [9.17, 15) is 4.79 Å². The van der Waals surface area contributed by atoms with Crippen LogP contribution in [0.1, 0.15) is 6.92 Å². The maximum absolute atomic E-state index is 10.8. The Kier molecular flexibility index (Phi) is 2.39. The Morgan fingerprint density at radius 2 is 2.00 bits per heavy atom. The number of anilines is 1. The Bertz CT molecular complexity index is 312. The van der Waals surface area contributed by atoms with Gasteiger partial charge in [0.05, 0.1) is 5.69 Å². The van der Waals surface area contributed by atoms with Crippen molar-refractivity contribution in [3.05, 3.63) is 30.3 Å². The molecule has 1 saturated heterocycles. The van der Waals surface area contributed by atoms with Crippen LogP contribution in [0.25, 0.3) is 0 Å². The normalized spacial score (nSPS) is 21.4. The van der Waals surface area contributed by atoms with Gasteiger partial charge in [-0.2, -0.15) is 0 Å². The monoisotopic (exact) mass is 190 g/mol. The average molecular weight is 190 g/mol. The molecule has 3 nitrogen and oxygen atoms in total. The lowest BCUT2D eigenvalue weighted by molar-refractivity contribution is -0.117. The fourth-order valence-corrected chi connectivity index (χ4v) is 1.83. The average Bonchev–Trinajstić information content (AvgIpc) is 2.61. The van der Waals surface area contributed by atoms with Gasteiger partial charge in [-0.1, -0.05) is 25.1 Å². The first-order chi connectivity index (χ1) is 6.81. The van der Waals surface area contributed by atoms with Crippen molar-refractivity contribution in [1.29, 1.82) is 0 Å². The molecule has 0 N–H and O–H groups in total. The molecule has 0 aliphatic carbocycles. The highest BCUT2D eigenvalue weighted by Gasteiger charge is 2.25. The number of benzene rings is 1. The first-order valence-electron chi connectivity index (χ1n) is 4.85. The smallest absolute Gasteiger partial charge is 0.228 e. The van der Waals surface area contributed by atoms with Crippen molar-refractivity contribution >= 4 is 12.1 Å². The van der Waals surface area contributed by atoms with Crippen LogP contribution in [0.3, 0.4) is 0 Å². The minimum atomic E-state index is 0.542. The van der Waals surface area contributed by atoms with Crippen LogP contribution in [-0.4, -0.2) is 24.5 Å². The summed E-state index contributed by atoms with van der Waals surface area (Å²) in [6.45, 7) is 3.89. The largest absolute Gasteiger partial charge is 0.283 e. The van der Waals surface area contributed by atoms with Crippen molar-refractivity contribution in [3.63, 3.8) is 0 Å². The fourth-order valence-electron chi connectivity index (χ4n) is 1.83. The molecular weight excluding hydrogens is 176 g/mol. The topological polar surface area (TPSA) is 23.6 Å². The molecule has 2 rings (SSSR count). The highest BCUT2D eigenvalue weighted by molar-refractivity contribution is 5.57. The van der Waals surface area contributed by atoms with Crippen molar-refractivity contribution in [3.8, 4) is 0 Å². The molecule has 0 saturated carbocycles. The SMILES string of the molecule is CC1CN(C=O)N(c2ccccc2)C1. The molecule has 74 valence electrons. The van der Waals surface area contributed by atoms with Gasteiger partial charge in [0.25, 0.3) is 0 Å². The molecule has 1 aliphatic rings. The molecule has 1 aromatic rings. The Morgan fingerprint density at radius 3 is 2.64 bits per heavy atom. The predicted molar refractivity (Wildman–Crippen MR) is 55.7 cm³/mol. The minimum absolute atomic E-state index is 0.542. The van der Waals surface area contributed by atoms with Gasteiger partial charge in [-0.25, -0.2) is 0 Å². The van der Waals surface area contributed by atoms with Crippen LogP contribution in [0.15, 0.2) is 30.3 Å². The molecule has 0 spiro atoms. The number of rotatable bonds is 2. The minimum Gasteiger partial charge on any atom is -0.283 e. The van der Waals surface area contributed by atoms with Gasteiger partial charge >= 0.3 is 0 Å². The molecule has 3 heteroatoms. The lowest BCUT2D eigenvalue weighted by atomic mass is 10.2. The van der Waals surface area contributed by atoms with Crippen LogP contribution in [0.4, 0.5) is 5.69 Å². The summed E-state index contributed by atoms with van der Waals surface area (Å²) in [7, 11) is 0. The van der Waals surface area contributed by atoms with Crippen molar-refractivity contribution < 1.29 is 4.79 Å². The van der Waals surface area contributed by atoms with E-state index in [0.717, 1.165) is 25.2 Å². The summed E-state index contributed by atoms with van der Waals surface area (Å²) in [5, 5.41) is 3.76. The van der Waals surface area contributed by atoms with E-state index in [1.54, 1.807) is 5.01 Å². The van der Waals surface area contributed by atoms with Gasteiger partial charge in [-0.3, -0.25) is 14.8 Å². The van der Waals surface area contributed by atoms with Crippen LogP contribution < -0.4 is 5.01 Å². The number of carbonyl (C=O) groups excluding carboxylic acids is 1. The third-order valence-electron chi connectivity index (χ3n) is 2.47. The van der Waals surface area contributed by atoms with Gasteiger partial charge in [0.2, 0.25) is 6.41 Å². The number of hydrogen-bond acceptors (Lipinski definition) is 2. The van der Waals surface area contributed by atoms with Gasteiger partial charge in [-0.05, 0) is 18.1 Å². The van der Waals surface area contributed by atoms with Gasteiger partial charge in [0.15, 0.2) is 0 Å². The van der Waals surface area contributed by atoms with Crippen molar-refractivity contribution in [2.75, 3.05) is 18.1 Å². The Morgan fingerprint density at radius 1 is 1.29 bits per heavy atom. The number of nitrogens with zero attached hydrogens (tertiary/aromatic N) is 2. The van der Waals surface area contributed by atoms with E-state index in [1.165, 1.54) is 0 Å². The van der Waals surface area contributed by atoms with E-state index in [-0.39, 0.29) is 0 Å². The Balaban J connectivity index is 2.22. The van der Waals surface area contributed by atoms with E-state index in [4.69, 9.17) is 0 Å². The van der Waals surface area contributed by atoms with Crippen LogP contribution in [-0.2, 0) is 4.79 Å². The van der Waals surface area contributed by atoms with Crippen molar-refractivity contribution in [1.82, 2.24) is 5.01 Å². The summed E-state index contributed by atoms with van der Waals surface area (Å²) in [6, 6.07) is 10.00.